The second kappa shape index (κ2) is 10.8. The summed E-state index contributed by atoms with van der Waals surface area (Å²) in [7, 11) is 1.76. The number of carbonyl (C=O) groups is 2. The van der Waals surface area contributed by atoms with Crippen LogP contribution in [-0.2, 0) is 13.2 Å². The van der Waals surface area contributed by atoms with Crippen LogP contribution in [0.5, 0.6) is 5.75 Å². The van der Waals surface area contributed by atoms with E-state index in [0.717, 1.165) is 41.8 Å². The molecule has 1 saturated heterocycles. The minimum absolute atomic E-state index is 0.121. The van der Waals surface area contributed by atoms with E-state index in [9.17, 15) is 9.59 Å². The molecule has 39 heavy (non-hydrogen) atoms. The third kappa shape index (κ3) is 6.44. The number of amides is 3. The maximum Gasteiger partial charge on any atom is 0.321 e. The molecule has 0 aromatic heterocycles. The first-order chi connectivity index (χ1) is 18.6. The predicted molar refractivity (Wildman–Crippen MR) is 155 cm³/mol. The van der Waals surface area contributed by atoms with Gasteiger partial charge in [0.05, 0.1) is 0 Å². The number of fused-ring (bicyclic) bond motifs is 2. The van der Waals surface area contributed by atoms with Gasteiger partial charge in [0.15, 0.2) is 0 Å². The van der Waals surface area contributed by atoms with Crippen LogP contribution >= 0.6 is 0 Å². The second-order valence-electron chi connectivity index (χ2n) is 12.4. The first-order valence-corrected chi connectivity index (χ1v) is 13.8. The first-order valence-electron chi connectivity index (χ1n) is 13.8. The molecule has 1 heterocycles. The number of urea groups is 1. The van der Waals surface area contributed by atoms with E-state index in [-0.39, 0.29) is 22.8 Å². The van der Waals surface area contributed by atoms with Crippen molar-refractivity contribution in [1.82, 2.24) is 9.80 Å². The average molecular weight is 526 g/mol. The summed E-state index contributed by atoms with van der Waals surface area (Å²) in [6.45, 7) is 8.75. The lowest BCUT2D eigenvalue weighted by atomic mass is 9.65. The minimum atomic E-state index is -0.201. The van der Waals surface area contributed by atoms with Crippen molar-refractivity contribution in [3.05, 3.63) is 95.6 Å². The smallest absolute Gasteiger partial charge is 0.321 e. The van der Waals surface area contributed by atoms with Crippen LogP contribution in [0.4, 0.5) is 10.5 Å². The van der Waals surface area contributed by atoms with Gasteiger partial charge in [-0.25, -0.2) is 4.79 Å². The highest BCUT2D eigenvalue weighted by Crippen LogP contribution is 2.52. The third-order valence-electron chi connectivity index (χ3n) is 8.00. The highest BCUT2D eigenvalue weighted by molar-refractivity contribution is 5.95. The van der Waals surface area contributed by atoms with Crippen molar-refractivity contribution in [2.75, 3.05) is 18.9 Å². The monoisotopic (exact) mass is 525 g/mol. The Bertz CT molecular complexity index is 1300. The van der Waals surface area contributed by atoms with Crippen molar-refractivity contribution in [2.45, 2.75) is 59.2 Å². The molecule has 3 amide bonds. The summed E-state index contributed by atoms with van der Waals surface area (Å²) in [6.07, 6.45) is 3.33. The van der Waals surface area contributed by atoms with Gasteiger partial charge in [0.1, 0.15) is 12.4 Å². The number of ether oxygens (including phenoxy) is 1. The fourth-order valence-corrected chi connectivity index (χ4v) is 6.56. The molecule has 6 nitrogen and oxygen atoms in total. The summed E-state index contributed by atoms with van der Waals surface area (Å²) in [5, 5.41) is 2.93. The van der Waals surface area contributed by atoms with Crippen molar-refractivity contribution in [1.29, 1.82) is 0 Å². The van der Waals surface area contributed by atoms with Gasteiger partial charge in [0.2, 0.25) is 0 Å². The largest absolute Gasteiger partial charge is 0.489 e. The van der Waals surface area contributed by atoms with Crippen LogP contribution in [0.15, 0.2) is 78.9 Å². The van der Waals surface area contributed by atoms with Crippen LogP contribution in [0.1, 0.15) is 61.5 Å². The third-order valence-corrected chi connectivity index (χ3v) is 8.00. The molecule has 0 spiro atoms. The Balaban J connectivity index is 1.12. The standard InChI is InChI=1S/C33H39N3O3/c1-32(2)18-28-19-33(3,22-32)23-36(28)30(37)26-12-10-24(11-13-26)20-35(4)31(38)34-27-14-16-29(17-15-27)39-21-25-8-6-5-7-9-25/h5-17,28H,18-23H2,1-4H3,(H,34,38). The summed E-state index contributed by atoms with van der Waals surface area (Å²) < 4.78 is 5.82. The van der Waals surface area contributed by atoms with Crippen molar-refractivity contribution < 1.29 is 14.3 Å². The molecule has 204 valence electrons. The number of hydrogen-bond acceptors (Lipinski definition) is 3. The number of nitrogens with one attached hydrogen (secondary N) is 1. The number of nitrogens with zero attached hydrogens (tertiary/aromatic N) is 2. The number of hydrogen-bond donors (Lipinski definition) is 1. The summed E-state index contributed by atoms with van der Waals surface area (Å²) in [5.74, 6) is 0.866. The van der Waals surface area contributed by atoms with Crippen LogP contribution in [0, 0.1) is 10.8 Å². The summed E-state index contributed by atoms with van der Waals surface area (Å²) in [4.78, 5) is 29.9. The van der Waals surface area contributed by atoms with Gasteiger partial charge in [-0.2, -0.15) is 0 Å². The molecule has 2 unspecified atom stereocenters. The van der Waals surface area contributed by atoms with Gasteiger partial charge < -0.3 is 19.9 Å². The fraction of sp³-hybridized carbons (Fsp3) is 0.394. The molecule has 5 rings (SSSR count). The molecule has 2 fully saturated rings. The number of benzene rings is 3. The Morgan fingerprint density at radius 1 is 0.923 bits per heavy atom. The molecule has 1 aliphatic heterocycles. The molecule has 1 N–H and O–H groups in total. The van der Waals surface area contributed by atoms with Crippen LogP contribution < -0.4 is 10.1 Å². The van der Waals surface area contributed by atoms with Gasteiger partial charge in [-0.15, -0.1) is 0 Å². The lowest BCUT2D eigenvalue weighted by molar-refractivity contribution is 0.0708. The SMILES string of the molecule is CN(Cc1ccc(C(=O)N2CC3(C)CC2CC(C)(C)C3)cc1)C(=O)Nc1ccc(OCc2ccccc2)cc1. The van der Waals surface area contributed by atoms with Gasteiger partial charge in [-0.1, -0.05) is 63.2 Å². The Kier molecular flexibility index (Phi) is 7.39. The van der Waals surface area contributed by atoms with Crippen LogP contribution in [0.3, 0.4) is 0 Å². The topological polar surface area (TPSA) is 61.9 Å². The van der Waals surface area contributed by atoms with Crippen molar-refractivity contribution in [2.24, 2.45) is 10.8 Å². The molecule has 1 aliphatic carbocycles. The molecule has 6 heteroatoms. The molecule has 1 saturated carbocycles. The summed E-state index contributed by atoms with van der Waals surface area (Å²) in [5.41, 5.74) is 3.99. The van der Waals surface area contributed by atoms with Crippen LogP contribution in [0.25, 0.3) is 0 Å². The highest BCUT2D eigenvalue weighted by Gasteiger charge is 2.51. The number of carbonyl (C=O) groups excluding carboxylic acids is 2. The molecular formula is C33H39N3O3. The maximum absolute atomic E-state index is 13.4. The zero-order valence-electron chi connectivity index (χ0n) is 23.4. The molecule has 2 atom stereocenters. The van der Waals surface area contributed by atoms with Gasteiger partial charge in [0, 0.05) is 37.4 Å². The lowest BCUT2D eigenvalue weighted by Crippen LogP contribution is -2.37. The summed E-state index contributed by atoms with van der Waals surface area (Å²) in [6, 6.07) is 25.2. The molecular weight excluding hydrogens is 486 g/mol. The number of likely N-dealkylation sites (tertiary alicyclic amines) is 1. The fourth-order valence-electron chi connectivity index (χ4n) is 6.56. The average Bonchev–Trinajstić information content (AvgIpc) is 3.17. The molecule has 3 aromatic carbocycles. The van der Waals surface area contributed by atoms with E-state index < -0.39 is 0 Å². The zero-order chi connectivity index (χ0) is 27.6. The Morgan fingerprint density at radius 2 is 1.62 bits per heavy atom. The van der Waals surface area contributed by atoms with Gasteiger partial charge in [0.25, 0.3) is 5.91 Å². The Hall–Kier alpha value is -3.80. The summed E-state index contributed by atoms with van der Waals surface area (Å²) >= 11 is 0. The van der Waals surface area contributed by atoms with Gasteiger partial charge >= 0.3 is 6.03 Å². The van der Waals surface area contributed by atoms with Crippen molar-refractivity contribution in [3.63, 3.8) is 0 Å². The van der Waals surface area contributed by atoms with Crippen molar-refractivity contribution in [3.8, 4) is 5.75 Å². The lowest BCUT2D eigenvalue weighted by Gasteiger charge is -2.39. The second-order valence-corrected chi connectivity index (χ2v) is 12.4. The molecule has 2 bridgehead atoms. The van der Waals surface area contributed by atoms with E-state index in [1.54, 1.807) is 11.9 Å². The predicted octanol–water partition coefficient (Wildman–Crippen LogP) is 6.97. The maximum atomic E-state index is 13.4. The van der Waals surface area contributed by atoms with Crippen LogP contribution in [0.2, 0.25) is 0 Å². The van der Waals surface area contributed by atoms with E-state index in [4.69, 9.17) is 4.74 Å². The Labute approximate surface area is 232 Å². The minimum Gasteiger partial charge on any atom is -0.489 e. The van der Waals surface area contributed by atoms with Crippen molar-refractivity contribution >= 4 is 17.6 Å². The van der Waals surface area contributed by atoms with Crippen LogP contribution in [-0.4, -0.2) is 41.4 Å². The highest BCUT2D eigenvalue weighted by atomic mass is 16.5. The number of rotatable bonds is 7. The van der Waals surface area contributed by atoms with E-state index in [1.807, 2.05) is 78.9 Å². The first kappa shape index (κ1) is 26.8. The normalized spacial score (nSPS) is 21.3. The quantitative estimate of drug-likeness (QED) is 0.362. The van der Waals surface area contributed by atoms with E-state index >= 15 is 0 Å². The van der Waals surface area contributed by atoms with E-state index in [1.165, 1.54) is 6.42 Å². The number of anilines is 1. The molecule has 2 aliphatic rings. The van der Waals surface area contributed by atoms with Gasteiger partial charge in [-0.3, -0.25) is 4.79 Å². The van der Waals surface area contributed by atoms with E-state index in [0.29, 0.717) is 24.9 Å². The molecule has 3 aromatic rings. The molecule has 0 radical (unpaired) electrons. The van der Waals surface area contributed by atoms with E-state index in [2.05, 4.69) is 31.0 Å². The zero-order valence-corrected chi connectivity index (χ0v) is 23.4. The van der Waals surface area contributed by atoms with Gasteiger partial charge in [-0.05, 0) is 77.6 Å². The Morgan fingerprint density at radius 3 is 2.31 bits per heavy atom.